The van der Waals surface area contributed by atoms with Crippen LogP contribution in [0.1, 0.15) is 18.8 Å². The maximum Gasteiger partial charge on any atom is 0.240 e. The van der Waals surface area contributed by atoms with E-state index in [1.54, 1.807) is 0 Å². The summed E-state index contributed by atoms with van der Waals surface area (Å²) in [4.78, 5) is 0.122. The number of H-pyrrole nitrogens is 1. The molecule has 0 aliphatic heterocycles. The molecule has 0 saturated carbocycles. The highest BCUT2D eigenvalue weighted by atomic mass is 32.2. The van der Waals surface area contributed by atoms with Crippen molar-refractivity contribution in [3.63, 3.8) is 0 Å². The third-order valence-electron chi connectivity index (χ3n) is 2.72. The Morgan fingerprint density at radius 1 is 1.40 bits per heavy atom. The summed E-state index contributed by atoms with van der Waals surface area (Å²) in [6.45, 7) is 1.81. The van der Waals surface area contributed by atoms with Crippen molar-refractivity contribution in [2.24, 2.45) is 0 Å². The van der Waals surface area contributed by atoms with Crippen LogP contribution in [-0.4, -0.2) is 36.1 Å². The fourth-order valence-corrected chi connectivity index (χ4v) is 2.35. The number of aromatic amines is 1. The average Bonchev–Trinajstić information content (AvgIpc) is 2.95. The van der Waals surface area contributed by atoms with Gasteiger partial charge in [-0.3, -0.25) is 0 Å². The molecular formula is C10H15N7O2S. The van der Waals surface area contributed by atoms with E-state index in [4.69, 9.17) is 5.73 Å². The molecule has 0 saturated heterocycles. The summed E-state index contributed by atoms with van der Waals surface area (Å²) in [5.41, 5.74) is 6.75. The minimum atomic E-state index is -3.52. The topological polar surface area (TPSA) is 139 Å². The Labute approximate surface area is 116 Å². The number of nitrogens with one attached hydrogen (secondary N) is 3. The lowest BCUT2D eigenvalue weighted by atomic mass is 10.2. The Hall–Kier alpha value is -2.20. The number of anilines is 2. The number of nitrogen functional groups attached to an aromatic ring is 1. The minimum absolute atomic E-state index is 0.122. The molecule has 0 spiro atoms. The first-order chi connectivity index (χ1) is 9.44. The summed E-state index contributed by atoms with van der Waals surface area (Å²) in [6.07, 6.45) is 0. The predicted octanol–water partition coefficient (Wildman–Crippen LogP) is -0.137. The van der Waals surface area contributed by atoms with Gasteiger partial charge in [-0.05, 0) is 32.2 Å². The van der Waals surface area contributed by atoms with Crippen LogP contribution in [0.5, 0.6) is 0 Å². The van der Waals surface area contributed by atoms with Gasteiger partial charge < -0.3 is 11.1 Å². The number of hydrogen-bond donors (Lipinski definition) is 4. The lowest BCUT2D eigenvalue weighted by molar-refractivity contribution is 0.588. The Morgan fingerprint density at radius 3 is 2.75 bits per heavy atom. The molecule has 1 aromatic heterocycles. The highest BCUT2D eigenvalue weighted by molar-refractivity contribution is 7.89. The van der Waals surface area contributed by atoms with Crippen molar-refractivity contribution in [1.29, 1.82) is 0 Å². The number of nitrogens with two attached hydrogens (primary N) is 1. The van der Waals surface area contributed by atoms with Crippen molar-refractivity contribution in [3.8, 4) is 0 Å². The zero-order valence-corrected chi connectivity index (χ0v) is 11.8. The van der Waals surface area contributed by atoms with Crippen molar-refractivity contribution in [3.05, 3.63) is 24.0 Å². The van der Waals surface area contributed by atoms with E-state index in [0.717, 1.165) is 0 Å². The van der Waals surface area contributed by atoms with Gasteiger partial charge in [-0.2, -0.15) is 5.21 Å². The summed E-state index contributed by atoms with van der Waals surface area (Å²) in [6, 6.07) is 4.14. The van der Waals surface area contributed by atoms with Crippen molar-refractivity contribution >= 4 is 21.4 Å². The number of aromatic nitrogens is 4. The molecule has 0 aliphatic rings. The number of nitrogens with zero attached hydrogens (tertiary/aromatic N) is 3. The number of rotatable bonds is 5. The van der Waals surface area contributed by atoms with Crippen molar-refractivity contribution in [2.75, 3.05) is 18.1 Å². The van der Waals surface area contributed by atoms with Crippen LogP contribution in [0.2, 0.25) is 0 Å². The third kappa shape index (κ3) is 2.86. The van der Waals surface area contributed by atoms with Crippen molar-refractivity contribution < 1.29 is 8.42 Å². The van der Waals surface area contributed by atoms with Crippen LogP contribution < -0.4 is 15.8 Å². The first kappa shape index (κ1) is 14.2. The molecule has 9 nitrogen and oxygen atoms in total. The molecule has 0 bridgehead atoms. The molecule has 1 atom stereocenters. The normalized spacial score (nSPS) is 13.1. The molecule has 0 fully saturated rings. The van der Waals surface area contributed by atoms with Crippen LogP contribution >= 0.6 is 0 Å². The molecule has 0 aliphatic carbocycles. The third-order valence-corrected chi connectivity index (χ3v) is 4.14. The number of hydrogen-bond acceptors (Lipinski definition) is 7. The van der Waals surface area contributed by atoms with E-state index in [-0.39, 0.29) is 10.9 Å². The van der Waals surface area contributed by atoms with E-state index in [9.17, 15) is 8.42 Å². The molecule has 2 rings (SSSR count). The quantitative estimate of drug-likeness (QED) is 0.563. The van der Waals surface area contributed by atoms with Gasteiger partial charge in [-0.1, -0.05) is 5.21 Å². The zero-order valence-electron chi connectivity index (χ0n) is 11.0. The van der Waals surface area contributed by atoms with Crippen LogP contribution in [-0.2, 0) is 10.0 Å². The van der Waals surface area contributed by atoms with Gasteiger partial charge >= 0.3 is 0 Å². The second-order valence-electron chi connectivity index (χ2n) is 4.09. The minimum Gasteiger partial charge on any atom is -0.397 e. The fourth-order valence-electron chi connectivity index (χ4n) is 1.60. The van der Waals surface area contributed by atoms with Gasteiger partial charge in [0, 0.05) is 0 Å². The summed E-state index contributed by atoms with van der Waals surface area (Å²) in [7, 11) is -2.17. The van der Waals surface area contributed by atoms with Crippen LogP contribution in [0.3, 0.4) is 0 Å². The molecule has 5 N–H and O–H groups in total. The molecule has 1 unspecified atom stereocenters. The Bertz CT molecular complexity index is 684. The molecular weight excluding hydrogens is 282 g/mol. The standard InChI is InChI=1S/C10H15N7O2S/c1-6(10-14-16-17-15-10)13-9-5-7(3-4-8(9)11)20(18,19)12-2/h3-6,12-13H,11H2,1-2H3,(H,14,15,16,17). The smallest absolute Gasteiger partial charge is 0.240 e. The molecule has 1 aromatic carbocycles. The molecule has 0 amide bonds. The number of sulfonamides is 1. The monoisotopic (exact) mass is 297 g/mol. The maximum absolute atomic E-state index is 11.8. The molecule has 10 heteroatoms. The molecule has 108 valence electrons. The average molecular weight is 297 g/mol. The van der Waals surface area contributed by atoms with E-state index in [2.05, 4.69) is 30.7 Å². The van der Waals surface area contributed by atoms with Crippen LogP contribution in [0.25, 0.3) is 0 Å². The van der Waals surface area contributed by atoms with Gasteiger partial charge in [-0.25, -0.2) is 13.1 Å². The van der Waals surface area contributed by atoms with E-state index >= 15 is 0 Å². The fraction of sp³-hybridized carbons (Fsp3) is 0.300. The first-order valence-corrected chi connectivity index (χ1v) is 7.25. The van der Waals surface area contributed by atoms with Gasteiger partial charge in [0.2, 0.25) is 10.0 Å². The first-order valence-electron chi connectivity index (χ1n) is 5.77. The zero-order chi connectivity index (χ0) is 14.8. The Kier molecular flexibility index (Phi) is 3.86. The molecule has 1 heterocycles. The Balaban J connectivity index is 2.30. The summed E-state index contributed by atoms with van der Waals surface area (Å²) < 4.78 is 25.8. The van der Waals surface area contributed by atoms with Crippen LogP contribution in [0, 0.1) is 0 Å². The van der Waals surface area contributed by atoms with Gasteiger partial charge in [0.25, 0.3) is 0 Å². The van der Waals surface area contributed by atoms with Gasteiger partial charge in [0.05, 0.1) is 22.3 Å². The van der Waals surface area contributed by atoms with E-state index in [0.29, 0.717) is 17.2 Å². The van der Waals surface area contributed by atoms with Crippen molar-refractivity contribution in [2.45, 2.75) is 17.9 Å². The van der Waals surface area contributed by atoms with E-state index < -0.39 is 10.0 Å². The largest absolute Gasteiger partial charge is 0.397 e. The maximum atomic E-state index is 11.8. The summed E-state index contributed by atoms with van der Waals surface area (Å²) >= 11 is 0. The lowest BCUT2D eigenvalue weighted by Gasteiger charge is -2.15. The highest BCUT2D eigenvalue weighted by Crippen LogP contribution is 2.25. The van der Waals surface area contributed by atoms with E-state index in [1.807, 2.05) is 6.92 Å². The van der Waals surface area contributed by atoms with Gasteiger partial charge in [0.15, 0.2) is 5.82 Å². The lowest BCUT2D eigenvalue weighted by Crippen LogP contribution is -2.19. The van der Waals surface area contributed by atoms with Crippen molar-refractivity contribution in [1.82, 2.24) is 25.3 Å². The summed E-state index contributed by atoms with van der Waals surface area (Å²) in [5, 5.41) is 16.6. The molecule has 0 radical (unpaired) electrons. The Morgan fingerprint density at radius 2 is 2.15 bits per heavy atom. The second-order valence-corrected chi connectivity index (χ2v) is 5.98. The summed E-state index contributed by atoms with van der Waals surface area (Å²) in [5.74, 6) is 0.450. The number of benzene rings is 1. The predicted molar refractivity (Wildman–Crippen MR) is 73.3 cm³/mol. The SMILES string of the molecule is CNS(=O)(=O)c1ccc(N)c(NC(C)c2nn[nH]n2)c1. The van der Waals surface area contributed by atoms with Crippen LogP contribution in [0.4, 0.5) is 11.4 Å². The number of tetrazole rings is 1. The second kappa shape index (κ2) is 5.43. The van der Waals surface area contributed by atoms with E-state index in [1.165, 1.54) is 25.2 Å². The molecule has 2 aromatic rings. The van der Waals surface area contributed by atoms with Gasteiger partial charge in [-0.15, -0.1) is 10.2 Å². The van der Waals surface area contributed by atoms with Crippen LogP contribution in [0.15, 0.2) is 23.1 Å². The van der Waals surface area contributed by atoms with Gasteiger partial charge in [0.1, 0.15) is 0 Å². The molecule has 20 heavy (non-hydrogen) atoms. The highest BCUT2D eigenvalue weighted by Gasteiger charge is 2.16.